The third kappa shape index (κ3) is 4.16. The maximum absolute atomic E-state index is 13.6. The fraction of sp³-hybridized carbons (Fsp3) is 0.278. The molecule has 1 aliphatic heterocycles. The van der Waals surface area contributed by atoms with Crippen molar-refractivity contribution in [1.29, 1.82) is 0 Å². The summed E-state index contributed by atoms with van der Waals surface area (Å²) in [5, 5.41) is 2.63. The molecule has 0 radical (unpaired) electrons. The molecule has 1 atom stereocenters. The van der Waals surface area contributed by atoms with Crippen molar-refractivity contribution in [1.82, 2.24) is 15.2 Å². The quantitative estimate of drug-likeness (QED) is 0.812. The van der Waals surface area contributed by atoms with Gasteiger partial charge in [0.1, 0.15) is 0 Å². The molecule has 8 heteroatoms. The molecular formula is C18H16ClF2N3O2. The van der Waals surface area contributed by atoms with Crippen LogP contribution in [-0.2, 0) is 11.3 Å². The summed E-state index contributed by atoms with van der Waals surface area (Å²) in [4.78, 5) is 29.8. The first-order valence-electron chi connectivity index (χ1n) is 8.06. The highest BCUT2D eigenvalue weighted by Gasteiger charge is 2.27. The predicted octanol–water partition coefficient (Wildman–Crippen LogP) is 2.93. The van der Waals surface area contributed by atoms with Crippen LogP contribution in [0, 0.1) is 11.6 Å². The van der Waals surface area contributed by atoms with Crippen LogP contribution in [0.5, 0.6) is 0 Å². The van der Waals surface area contributed by atoms with Gasteiger partial charge in [-0.3, -0.25) is 14.6 Å². The molecule has 1 unspecified atom stereocenters. The summed E-state index contributed by atoms with van der Waals surface area (Å²) in [6, 6.07) is 4.91. The van der Waals surface area contributed by atoms with Gasteiger partial charge >= 0.3 is 0 Å². The summed E-state index contributed by atoms with van der Waals surface area (Å²) in [6.45, 7) is 0.434. The average molecular weight is 380 g/mol. The molecule has 2 amide bonds. The number of rotatable bonds is 5. The largest absolute Gasteiger partial charge is 0.352 e. The van der Waals surface area contributed by atoms with Crippen molar-refractivity contribution in [3.05, 3.63) is 64.4 Å². The van der Waals surface area contributed by atoms with E-state index in [-0.39, 0.29) is 35.6 Å². The standard InChI is InChI=1S/C18H16ClF2N3O2/c19-14-7-16(21)15(20)6-13(14)18(26)24(9-11-2-1-5-22-8-11)10-12-3-4-17(25)23-12/h1-2,5-8,12H,3-4,9-10H2,(H,23,25). The van der Waals surface area contributed by atoms with Crippen molar-refractivity contribution < 1.29 is 18.4 Å². The van der Waals surface area contributed by atoms with Crippen molar-refractivity contribution >= 4 is 23.4 Å². The van der Waals surface area contributed by atoms with Gasteiger partial charge in [-0.25, -0.2) is 8.78 Å². The Kier molecular flexibility index (Phi) is 5.46. The van der Waals surface area contributed by atoms with Crippen LogP contribution in [0.15, 0.2) is 36.7 Å². The van der Waals surface area contributed by atoms with Crippen LogP contribution in [-0.4, -0.2) is 34.3 Å². The monoisotopic (exact) mass is 379 g/mol. The Morgan fingerprint density at radius 2 is 2.12 bits per heavy atom. The highest BCUT2D eigenvalue weighted by Crippen LogP contribution is 2.23. The molecule has 2 aromatic rings. The molecule has 3 rings (SSSR count). The summed E-state index contributed by atoms with van der Waals surface area (Å²) >= 11 is 5.95. The number of carbonyl (C=O) groups is 2. The first-order chi connectivity index (χ1) is 12.4. The molecule has 1 aromatic heterocycles. The van der Waals surface area contributed by atoms with Gasteiger partial charge in [0, 0.05) is 37.9 Å². The molecule has 1 saturated heterocycles. The molecule has 1 aromatic carbocycles. The van der Waals surface area contributed by atoms with Crippen LogP contribution in [0.3, 0.4) is 0 Å². The summed E-state index contributed by atoms with van der Waals surface area (Å²) in [5.41, 5.74) is 0.641. The molecule has 0 spiro atoms. The maximum atomic E-state index is 13.6. The first-order valence-corrected chi connectivity index (χ1v) is 8.44. The van der Waals surface area contributed by atoms with Crippen LogP contribution < -0.4 is 5.32 Å². The predicted molar refractivity (Wildman–Crippen MR) is 91.5 cm³/mol. The summed E-state index contributed by atoms with van der Waals surface area (Å²) < 4.78 is 26.9. The van der Waals surface area contributed by atoms with E-state index in [1.165, 1.54) is 4.90 Å². The molecule has 0 saturated carbocycles. The molecule has 0 aliphatic carbocycles. The third-order valence-electron chi connectivity index (χ3n) is 4.15. The second-order valence-corrected chi connectivity index (χ2v) is 6.50. The van der Waals surface area contributed by atoms with E-state index in [0.717, 1.165) is 17.7 Å². The number of nitrogens with one attached hydrogen (secondary N) is 1. The Morgan fingerprint density at radius 1 is 1.35 bits per heavy atom. The minimum absolute atomic E-state index is 0.0744. The van der Waals surface area contributed by atoms with Gasteiger partial charge in [-0.05, 0) is 30.2 Å². The number of carbonyl (C=O) groups excluding carboxylic acids is 2. The van der Waals surface area contributed by atoms with Crippen LogP contribution >= 0.6 is 11.6 Å². The molecular weight excluding hydrogens is 364 g/mol. The zero-order valence-electron chi connectivity index (χ0n) is 13.7. The van der Waals surface area contributed by atoms with Crippen molar-refractivity contribution in [2.24, 2.45) is 0 Å². The Labute approximate surface area is 154 Å². The Bertz CT molecular complexity index is 833. The van der Waals surface area contributed by atoms with E-state index in [4.69, 9.17) is 11.6 Å². The highest BCUT2D eigenvalue weighted by molar-refractivity contribution is 6.33. The number of amides is 2. The van der Waals surface area contributed by atoms with Gasteiger partial charge in [-0.15, -0.1) is 0 Å². The number of hydrogen-bond donors (Lipinski definition) is 1. The van der Waals surface area contributed by atoms with Crippen LogP contribution in [0.2, 0.25) is 5.02 Å². The van der Waals surface area contributed by atoms with Crippen molar-refractivity contribution in [2.45, 2.75) is 25.4 Å². The number of nitrogens with zero attached hydrogens (tertiary/aromatic N) is 2. The van der Waals surface area contributed by atoms with E-state index in [9.17, 15) is 18.4 Å². The fourth-order valence-corrected chi connectivity index (χ4v) is 3.10. The van der Waals surface area contributed by atoms with Crippen molar-refractivity contribution in [3.63, 3.8) is 0 Å². The molecule has 136 valence electrons. The normalized spacial score (nSPS) is 16.4. The lowest BCUT2D eigenvalue weighted by Gasteiger charge is -2.26. The SMILES string of the molecule is O=C1CCC(CN(Cc2cccnc2)C(=O)c2cc(F)c(F)cc2Cl)N1. The van der Waals surface area contributed by atoms with Gasteiger partial charge in [-0.1, -0.05) is 17.7 Å². The van der Waals surface area contributed by atoms with E-state index in [1.807, 2.05) is 0 Å². The minimum Gasteiger partial charge on any atom is -0.352 e. The summed E-state index contributed by atoms with van der Waals surface area (Å²) in [5.74, 6) is -2.88. The lowest BCUT2D eigenvalue weighted by molar-refractivity contribution is -0.119. The number of halogens is 3. The average Bonchev–Trinajstić information content (AvgIpc) is 3.03. The van der Waals surface area contributed by atoms with E-state index in [0.29, 0.717) is 12.8 Å². The molecule has 2 heterocycles. The summed E-state index contributed by atoms with van der Waals surface area (Å²) in [7, 11) is 0. The lowest BCUT2D eigenvalue weighted by atomic mass is 10.1. The molecule has 5 nitrogen and oxygen atoms in total. The fourth-order valence-electron chi connectivity index (χ4n) is 2.87. The Morgan fingerprint density at radius 3 is 2.77 bits per heavy atom. The second-order valence-electron chi connectivity index (χ2n) is 6.10. The van der Waals surface area contributed by atoms with Gasteiger partial charge in [0.15, 0.2) is 11.6 Å². The van der Waals surface area contributed by atoms with Gasteiger partial charge in [-0.2, -0.15) is 0 Å². The molecule has 0 bridgehead atoms. The third-order valence-corrected chi connectivity index (χ3v) is 4.46. The zero-order valence-corrected chi connectivity index (χ0v) is 14.5. The van der Waals surface area contributed by atoms with Crippen molar-refractivity contribution in [3.8, 4) is 0 Å². The van der Waals surface area contributed by atoms with Crippen molar-refractivity contribution in [2.75, 3.05) is 6.54 Å². The van der Waals surface area contributed by atoms with Gasteiger partial charge in [0.2, 0.25) is 5.91 Å². The van der Waals surface area contributed by atoms with E-state index in [2.05, 4.69) is 10.3 Å². The van der Waals surface area contributed by atoms with E-state index < -0.39 is 17.5 Å². The Balaban J connectivity index is 1.87. The minimum atomic E-state index is -1.15. The molecule has 26 heavy (non-hydrogen) atoms. The van der Waals surface area contributed by atoms with Crippen LogP contribution in [0.4, 0.5) is 8.78 Å². The number of aromatic nitrogens is 1. The van der Waals surface area contributed by atoms with Crippen LogP contribution in [0.25, 0.3) is 0 Å². The number of hydrogen-bond acceptors (Lipinski definition) is 3. The number of benzene rings is 1. The smallest absolute Gasteiger partial charge is 0.255 e. The number of pyridine rings is 1. The van der Waals surface area contributed by atoms with Crippen LogP contribution in [0.1, 0.15) is 28.8 Å². The van der Waals surface area contributed by atoms with E-state index >= 15 is 0 Å². The Hall–Kier alpha value is -2.54. The topological polar surface area (TPSA) is 62.3 Å². The zero-order chi connectivity index (χ0) is 18.7. The molecule has 1 N–H and O–H groups in total. The summed E-state index contributed by atoms with van der Waals surface area (Å²) in [6.07, 6.45) is 4.21. The molecule has 1 fully saturated rings. The van der Waals surface area contributed by atoms with E-state index in [1.54, 1.807) is 24.5 Å². The first kappa shape index (κ1) is 18.3. The lowest BCUT2D eigenvalue weighted by Crippen LogP contribution is -2.41. The van der Waals surface area contributed by atoms with Gasteiger partial charge in [0.05, 0.1) is 10.6 Å². The maximum Gasteiger partial charge on any atom is 0.255 e. The second kappa shape index (κ2) is 7.78. The molecule has 1 aliphatic rings. The van der Waals surface area contributed by atoms with Gasteiger partial charge < -0.3 is 10.2 Å². The highest BCUT2D eigenvalue weighted by atomic mass is 35.5. The van der Waals surface area contributed by atoms with Gasteiger partial charge in [0.25, 0.3) is 5.91 Å².